The van der Waals surface area contributed by atoms with Crippen LogP contribution in [0, 0.1) is 0 Å². The van der Waals surface area contributed by atoms with Crippen molar-refractivity contribution >= 4 is 89.1 Å². The van der Waals surface area contributed by atoms with Gasteiger partial charge < -0.3 is 14.2 Å². The average molecular weight is 516 g/mol. The molecule has 0 amide bonds. The van der Waals surface area contributed by atoms with Gasteiger partial charge in [0.05, 0.1) is 10.4 Å². The minimum absolute atomic E-state index is 0.000636. The third kappa shape index (κ3) is 2.83. The lowest BCUT2D eigenvalue weighted by atomic mass is 9.35. The zero-order chi connectivity index (χ0) is 25.5. The largest absolute Gasteiger partial charge is 0.466 e. The van der Waals surface area contributed by atoms with Gasteiger partial charge >= 0.3 is 0 Å². The SMILES string of the molecule is c1ccc(N2c3ccccc3B3c4oc5c(sc6ccccc65)c4N(c4ccccc4)c4cccc2c43)cc1. The third-order valence-corrected chi connectivity index (χ3v) is 9.20. The number of para-hydroxylation sites is 3. The highest BCUT2D eigenvalue weighted by atomic mass is 32.1. The molecule has 9 rings (SSSR count). The predicted octanol–water partition coefficient (Wildman–Crippen LogP) is 7.73. The summed E-state index contributed by atoms with van der Waals surface area (Å²) in [6.07, 6.45) is 0. The molecule has 4 heterocycles. The second kappa shape index (κ2) is 7.89. The normalized spacial score (nSPS) is 13.5. The number of anilines is 6. The van der Waals surface area contributed by atoms with Crippen molar-refractivity contribution in [3.63, 3.8) is 0 Å². The van der Waals surface area contributed by atoms with Gasteiger partial charge in [-0.2, -0.15) is 0 Å². The van der Waals surface area contributed by atoms with Crippen LogP contribution in [0.2, 0.25) is 0 Å². The molecule has 0 spiro atoms. The lowest BCUT2D eigenvalue weighted by Gasteiger charge is -2.42. The first-order valence-electron chi connectivity index (χ1n) is 13.2. The Kier molecular flexibility index (Phi) is 4.29. The average Bonchev–Trinajstić information content (AvgIpc) is 3.54. The van der Waals surface area contributed by atoms with Gasteiger partial charge in [-0.3, -0.25) is 0 Å². The number of fused-ring (bicyclic) bond motifs is 8. The van der Waals surface area contributed by atoms with E-state index in [0.717, 1.165) is 28.3 Å². The lowest BCUT2D eigenvalue weighted by Crippen LogP contribution is -2.60. The van der Waals surface area contributed by atoms with Crippen molar-refractivity contribution in [2.45, 2.75) is 0 Å². The molecule has 0 unspecified atom stereocenters. The van der Waals surface area contributed by atoms with E-state index in [2.05, 4.69) is 137 Å². The van der Waals surface area contributed by atoms with Gasteiger partial charge in [-0.15, -0.1) is 11.3 Å². The lowest BCUT2D eigenvalue weighted by molar-refractivity contribution is 0.655. The summed E-state index contributed by atoms with van der Waals surface area (Å²) in [7, 11) is 0. The molecule has 182 valence electrons. The molecule has 2 aliphatic heterocycles. The molecule has 0 atom stereocenters. The summed E-state index contributed by atoms with van der Waals surface area (Å²) in [4.78, 5) is 4.82. The standard InChI is InChI=1S/C34H21BN2OS/c1-3-12-22(13-4-1)36-26-18-9-8-17-25(26)35-30-27(36)19-11-20-28(30)37(23-14-5-2-6-15-23)31-33-32(38-34(31)35)24-16-7-10-21-29(24)39-33/h1-21H. The molecule has 5 aromatic carbocycles. The summed E-state index contributed by atoms with van der Waals surface area (Å²) in [5, 5.41) is 1.18. The number of benzene rings is 5. The fourth-order valence-electron chi connectivity index (χ4n) is 6.50. The Balaban J connectivity index is 1.43. The van der Waals surface area contributed by atoms with Gasteiger partial charge in [0.2, 0.25) is 0 Å². The maximum atomic E-state index is 6.99. The Hall–Kier alpha value is -4.74. The van der Waals surface area contributed by atoms with Crippen LogP contribution < -0.4 is 26.4 Å². The van der Waals surface area contributed by atoms with Crippen LogP contribution in [0.25, 0.3) is 20.4 Å². The minimum atomic E-state index is 0.000636. The van der Waals surface area contributed by atoms with Crippen LogP contribution in [-0.2, 0) is 0 Å². The van der Waals surface area contributed by atoms with Crippen LogP contribution in [0.3, 0.4) is 0 Å². The fourth-order valence-corrected chi connectivity index (χ4v) is 7.67. The highest BCUT2D eigenvalue weighted by molar-refractivity contribution is 7.26. The maximum absolute atomic E-state index is 6.99. The molecule has 0 fully saturated rings. The molecule has 2 aliphatic rings. The number of nitrogens with zero attached hydrogens (tertiary/aromatic N) is 2. The van der Waals surface area contributed by atoms with Crippen molar-refractivity contribution in [3.8, 4) is 0 Å². The topological polar surface area (TPSA) is 19.6 Å². The zero-order valence-corrected chi connectivity index (χ0v) is 21.7. The number of thiophene rings is 1. The Morgan fingerprint density at radius 2 is 1.18 bits per heavy atom. The van der Waals surface area contributed by atoms with E-state index in [1.165, 1.54) is 42.8 Å². The number of hydrogen-bond donors (Lipinski definition) is 0. The molecule has 0 saturated carbocycles. The first kappa shape index (κ1) is 21.2. The van der Waals surface area contributed by atoms with Crippen molar-refractivity contribution in [2.75, 3.05) is 9.80 Å². The van der Waals surface area contributed by atoms with Crippen LogP contribution >= 0.6 is 11.3 Å². The van der Waals surface area contributed by atoms with Gasteiger partial charge in [0, 0.05) is 38.5 Å². The first-order chi connectivity index (χ1) is 19.4. The smallest absolute Gasteiger partial charge is 0.297 e. The Bertz CT molecular complexity index is 2050. The maximum Gasteiger partial charge on any atom is 0.297 e. The van der Waals surface area contributed by atoms with E-state index in [0.29, 0.717) is 0 Å². The van der Waals surface area contributed by atoms with Gasteiger partial charge in [0.1, 0.15) is 5.66 Å². The molecular weight excluding hydrogens is 495 g/mol. The Labute approximate surface area is 230 Å². The van der Waals surface area contributed by atoms with Crippen molar-refractivity contribution in [2.24, 2.45) is 0 Å². The quantitative estimate of drug-likeness (QED) is 0.219. The third-order valence-electron chi connectivity index (χ3n) is 8.04. The Morgan fingerprint density at radius 3 is 1.97 bits per heavy atom. The van der Waals surface area contributed by atoms with E-state index in [1.807, 2.05) is 11.3 Å². The van der Waals surface area contributed by atoms with E-state index in [9.17, 15) is 0 Å². The van der Waals surface area contributed by atoms with Crippen LogP contribution in [0.5, 0.6) is 0 Å². The summed E-state index contributed by atoms with van der Waals surface area (Å²) in [6, 6.07) is 45.5. The van der Waals surface area contributed by atoms with Crippen molar-refractivity contribution in [1.29, 1.82) is 0 Å². The highest BCUT2D eigenvalue weighted by Crippen LogP contribution is 2.49. The van der Waals surface area contributed by atoms with Gasteiger partial charge in [0.15, 0.2) is 5.58 Å². The monoisotopic (exact) mass is 516 g/mol. The molecule has 0 N–H and O–H groups in total. The van der Waals surface area contributed by atoms with Crippen LogP contribution in [0.1, 0.15) is 0 Å². The molecule has 0 saturated heterocycles. The molecule has 2 aromatic heterocycles. The molecule has 3 nitrogen and oxygen atoms in total. The van der Waals surface area contributed by atoms with E-state index >= 15 is 0 Å². The van der Waals surface area contributed by atoms with Crippen LogP contribution in [0.4, 0.5) is 34.1 Å². The second-order valence-corrected chi connectivity index (χ2v) is 11.2. The van der Waals surface area contributed by atoms with Crippen LogP contribution in [-0.4, -0.2) is 6.71 Å². The molecule has 39 heavy (non-hydrogen) atoms. The van der Waals surface area contributed by atoms with Crippen molar-refractivity contribution in [1.82, 2.24) is 0 Å². The summed E-state index contributed by atoms with van der Waals surface area (Å²) in [5.74, 6) is 0. The van der Waals surface area contributed by atoms with Gasteiger partial charge in [-0.05, 0) is 65.5 Å². The first-order valence-corrected chi connectivity index (χ1v) is 14.1. The molecule has 0 radical (unpaired) electrons. The second-order valence-electron chi connectivity index (χ2n) is 10.1. The van der Waals surface area contributed by atoms with Crippen LogP contribution in [0.15, 0.2) is 132 Å². The molecule has 7 aromatic rings. The molecule has 0 aliphatic carbocycles. The predicted molar refractivity (Wildman–Crippen MR) is 166 cm³/mol. The molecule has 0 bridgehead atoms. The molecule has 5 heteroatoms. The number of hydrogen-bond acceptors (Lipinski definition) is 4. The summed E-state index contributed by atoms with van der Waals surface area (Å²) in [5.41, 5.74) is 11.6. The van der Waals surface area contributed by atoms with E-state index in [4.69, 9.17) is 4.42 Å². The minimum Gasteiger partial charge on any atom is -0.466 e. The zero-order valence-electron chi connectivity index (χ0n) is 20.9. The highest BCUT2D eigenvalue weighted by Gasteiger charge is 2.46. The fraction of sp³-hybridized carbons (Fsp3) is 0. The van der Waals surface area contributed by atoms with E-state index in [1.54, 1.807) is 0 Å². The number of furan rings is 1. The summed E-state index contributed by atoms with van der Waals surface area (Å²) in [6.45, 7) is 0.000636. The van der Waals surface area contributed by atoms with Gasteiger partial charge in [-0.25, -0.2) is 0 Å². The van der Waals surface area contributed by atoms with Crippen molar-refractivity contribution in [3.05, 3.63) is 127 Å². The van der Waals surface area contributed by atoms with E-state index in [-0.39, 0.29) is 6.71 Å². The van der Waals surface area contributed by atoms with Gasteiger partial charge in [-0.1, -0.05) is 72.8 Å². The number of rotatable bonds is 2. The Morgan fingerprint density at radius 1 is 0.564 bits per heavy atom. The summed E-state index contributed by atoms with van der Waals surface area (Å²) < 4.78 is 9.45. The van der Waals surface area contributed by atoms with E-state index < -0.39 is 0 Å². The van der Waals surface area contributed by atoms with Crippen molar-refractivity contribution < 1.29 is 4.42 Å². The summed E-state index contributed by atoms with van der Waals surface area (Å²) >= 11 is 1.82. The van der Waals surface area contributed by atoms with Gasteiger partial charge in [0.25, 0.3) is 6.71 Å². The molecular formula is C34H21BN2OS.